The van der Waals surface area contributed by atoms with Crippen molar-refractivity contribution in [3.05, 3.63) is 51.8 Å². The average molecular weight is 367 g/mol. The number of amides is 1. The van der Waals surface area contributed by atoms with Gasteiger partial charge in [0.05, 0.1) is 10.2 Å². The number of nitrogen functional groups attached to an aromatic ring is 1. The number of nitrogens with two attached hydrogens (primary N) is 1. The first-order valence-corrected chi connectivity index (χ1v) is 9.46. The summed E-state index contributed by atoms with van der Waals surface area (Å²) in [6.45, 7) is 6.24. The molecule has 1 aliphatic rings. The molecule has 134 valence electrons. The van der Waals surface area contributed by atoms with Gasteiger partial charge in [0.15, 0.2) is 5.13 Å². The third-order valence-corrected chi connectivity index (χ3v) is 5.69. The number of fused-ring (bicyclic) bond motifs is 2. The van der Waals surface area contributed by atoms with Crippen molar-refractivity contribution in [2.45, 2.75) is 33.4 Å². The van der Waals surface area contributed by atoms with Gasteiger partial charge >= 0.3 is 0 Å². The summed E-state index contributed by atoms with van der Waals surface area (Å²) in [6, 6.07) is 3.73. The number of benzene rings is 1. The van der Waals surface area contributed by atoms with Crippen LogP contribution in [0.15, 0.2) is 18.3 Å². The molecule has 4 rings (SSSR count). The summed E-state index contributed by atoms with van der Waals surface area (Å²) in [6.07, 6.45) is 2.91. The number of nitrogens with zero attached hydrogens (tertiary/aromatic N) is 2. The standard InChI is InChI=1S/C19H21N5OS/c1-10-5-12(6-16-17(10)24-19(20)26-16)18(25)23-9-15-11(2)22-8-13-7-21-4-3-14(13)15/h5-6,8,21H,3-4,7,9H2,1-2H3,(H2,20,24)(H,23,25). The number of pyridine rings is 1. The van der Waals surface area contributed by atoms with Crippen LogP contribution in [0.2, 0.25) is 0 Å². The van der Waals surface area contributed by atoms with Gasteiger partial charge in [-0.25, -0.2) is 4.98 Å². The smallest absolute Gasteiger partial charge is 0.251 e. The highest BCUT2D eigenvalue weighted by Crippen LogP contribution is 2.28. The number of carbonyl (C=O) groups excluding carboxylic acids is 1. The zero-order chi connectivity index (χ0) is 18.3. The van der Waals surface area contributed by atoms with E-state index in [0.717, 1.165) is 46.5 Å². The van der Waals surface area contributed by atoms with Crippen LogP contribution < -0.4 is 16.4 Å². The molecule has 2 aromatic heterocycles. The molecule has 4 N–H and O–H groups in total. The first-order valence-electron chi connectivity index (χ1n) is 8.64. The topological polar surface area (TPSA) is 92.9 Å². The quantitative estimate of drug-likeness (QED) is 0.661. The molecule has 0 saturated carbocycles. The van der Waals surface area contributed by atoms with Crippen molar-refractivity contribution in [2.75, 3.05) is 12.3 Å². The number of hydrogen-bond acceptors (Lipinski definition) is 6. The minimum atomic E-state index is -0.0899. The van der Waals surface area contributed by atoms with E-state index in [-0.39, 0.29) is 5.91 Å². The monoisotopic (exact) mass is 367 g/mol. The molecular formula is C19H21N5OS. The minimum absolute atomic E-state index is 0.0899. The highest BCUT2D eigenvalue weighted by Gasteiger charge is 2.17. The number of thiazole rings is 1. The first kappa shape index (κ1) is 16.9. The molecule has 6 nitrogen and oxygen atoms in total. The molecule has 0 fully saturated rings. The third kappa shape index (κ3) is 3.04. The fourth-order valence-electron chi connectivity index (χ4n) is 3.49. The molecule has 26 heavy (non-hydrogen) atoms. The number of aryl methyl sites for hydroxylation is 2. The second-order valence-corrected chi connectivity index (χ2v) is 7.69. The Balaban J connectivity index is 1.58. The van der Waals surface area contributed by atoms with Crippen molar-refractivity contribution < 1.29 is 4.79 Å². The maximum absolute atomic E-state index is 12.7. The molecule has 1 aromatic carbocycles. The van der Waals surface area contributed by atoms with Gasteiger partial charge in [0.25, 0.3) is 5.91 Å². The van der Waals surface area contributed by atoms with E-state index in [1.165, 1.54) is 22.5 Å². The number of anilines is 1. The van der Waals surface area contributed by atoms with E-state index in [1.807, 2.05) is 32.2 Å². The molecule has 7 heteroatoms. The number of rotatable bonds is 3. The molecule has 0 saturated heterocycles. The Morgan fingerprint density at radius 3 is 3.08 bits per heavy atom. The van der Waals surface area contributed by atoms with Crippen LogP contribution in [-0.4, -0.2) is 22.4 Å². The highest BCUT2D eigenvalue weighted by molar-refractivity contribution is 7.22. The molecule has 3 aromatic rings. The van der Waals surface area contributed by atoms with Crippen LogP contribution in [-0.2, 0) is 19.5 Å². The molecule has 0 atom stereocenters. The Hall–Kier alpha value is -2.51. The van der Waals surface area contributed by atoms with E-state index < -0.39 is 0 Å². The Morgan fingerprint density at radius 1 is 1.38 bits per heavy atom. The molecule has 1 aliphatic heterocycles. The van der Waals surface area contributed by atoms with Crippen molar-refractivity contribution in [1.29, 1.82) is 0 Å². The van der Waals surface area contributed by atoms with Gasteiger partial charge in [0, 0.05) is 30.5 Å². The Bertz CT molecular complexity index is 1010. The second kappa shape index (κ2) is 6.66. The number of aromatic nitrogens is 2. The van der Waals surface area contributed by atoms with Crippen molar-refractivity contribution in [3.63, 3.8) is 0 Å². The Morgan fingerprint density at radius 2 is 2.23 bits per heavy atom. The van der Waals surface area contributed by atoms with Crippen LogP contribution in [0.3, 0.4) is 0 Å². The van der Waals surface area contributed by atoms with E-state index in [9.17, 15) is 4.79 Å². The van der Waals surface area contributed by atoms with Gasteiger partial charge < -0.3 is 16.4 Å². The van der Waals surface area contributed by atoms with Gasteiger partial charge in [-0.3, -0.25) is 9.78 Å². The lowest BCUT2D eigenvalue weighted by molar-refractivity contribution is 0.0951. The SMILES string of the molecule is Cc1ncc2c(c1CNC(=O)c1cc(C)c3nc(N)sc3c1)CCNC2. The summed E-state index contributed by atoms with van der Waals surface area (Å²) in [5.74, 6) is -0.0899. The minimum Gasteiger partial charge on any atom is -0.375 e. The fourth-order valence-corrected chi connectivity index (χ4v) is 4.34. The molecule has 0 unspecified atom stereocenters. The second-order valence-electron chi connectivity index (χ2n) is 6.63. The van der Waals surface area contributed by atoms with Crippen LogP contribution in [0.25, 0.3) is 10.2 Å². The van der Waals surface area contributed by atoms with Crippen molar-refractivity contribution >= 4 is 32.6 Å². The zero-order valence-corrected chi connectivity index (χ0v) is 15.7. The summed E-state index contributed by atoms with van der Waals surface area (Å²) < 4.78 is 0.939. The summed E-state index contributed by atoms with van der Waals surface area (Å²) in [5, 5.41) is 6.94. The first-order chi connectivity index (χ1) is 12.5. The van der Waals surface area contributed by atoms with E-state index >= 15 is 0 Å². The van der Waals surface area contributed by atoms with E-state index in [0.29, 0.717) is 17.2 Å². The lowest BCUT2D eigenvalue weighted by Gasteiger charge is -2.21. The van der Waals surface area contributed by atoms with E-state index in [1.54, 1.807) is 0 Å². The maximum Gasteiger partial charge on any atom is 0.251 e. The van der Waals surface area contributed by atoms with Gasteiger partial charge in [-0.05, 0) is 61.2 Å². The van der Waals surface area contributed by atoms with Crippen LogP contribution >= 0.6 is 11.3 Å². The van der Waals surface area contributed by atoms with Crippen LogP contribution in [0.5, 0.6) is 0 Å². The number of nitrogens with one attached hydrogen (secondary N) is 2. The van der Waals surface area contributed by atoms with Gasteiger partial charge in [-0.15, -0.1) is 0 Å². The molecule has 0 spiro atoms. The van der Waals surface area contributed by atoms with E-state index in [4.69, 9.17) is 5.73 Å². The van der Waals surface area contributed by atoms with Crippen molar-refractivity contribution in [3.8, 4) is 0 Å². The maximum atomic E-state index is 12.7. The number of hydrogen-bond donors (Lipinski definition) is 3. The molecule has 3 heterocycles. The summed E-state index contributed by atoms with van der Waals surface area (Å²) in [7, 11) is 0. The van der Waals surface area contributed by atoms with Crippen molar-refractivity contribution in [1.82, 2.24) is 20.6 Å². The third-order valence-electron chi connectivity index (χ3n) is 4.86. The molecule has 0 bridgehead atoms. The Kier molecular flexibility index (Phi) is 4.34. The van der Waals surface area contributed by atoms with Gasteiger partial charge in [0.1, 0.15) is 0 Å². The van der Waals surface area contributed by atoms with Crippen LogP contribution in [0.4, 0.5) is 5.13 Å². The normalized spacial score (nSPS) is 13.6. The average Bonchev–Trinajstić information content (AvgIpc) is 3.01. The van der Waals surface area contributed by atoms with Gasteiger partial charge in [-0.2, -0.15) is 0 Å². The van der Waals surface area contributed by atoms with Gasteiger partial charge in [0.2, 0.25) is 0 Å². The molecule has 1 amide bonds. The van der Waals surface area contributed by atoms with Crippen LogP contribution in [0.1, 0.15) is 38.3 Å². The summed E-state index contributed by atoms with van der Waals surface area (Å²) in [4.78, 5) is 21.5. The van der Waals surface area contributed by atoms with Gasteiger partial charge in [-0.1, -0.05) is 11.3 Å². The lowest BCUT2D eigenvalue weighted by Crippen LogP contribution is -2.28. The van der Waals surface area contributed by atoms with Crippen molar-refractivity contribution in [2.24, 2.45) is 0 Å². The summed E-state index contributed by atoms with van der Waals surface area (Å²) >= 11 is 1.40. The number of carbonyl (C=O) groups is 1. The van der Waals surface area contributed by atoms with Crippen LogP contribution in [0, 0.1) is 13.8 Å². The van der Waals surface area contributed by atoms with E-state index in [2.05, 4.69) is 20.6 Å². The lowest BCUT2D eigenvalue weighted by atomic mass is 9.96. The Labute approximate surface area is 155 Å². The predicted octanol–water partition coefficient (Wildman–Crippen LogP) is 2.47. The summed E-state index contributed by atoms with van der Waals surface area (Å²) in [5.41, 5.74) is 12.9. The fraction of sp³-hybridized carbons (Fsp3) is 0.316. The highest BCUT2D eigenvalue weighted by atomic mass is 32.1. The zero-order valence-electron chi connectivity index (χ0n) is 14.8. The molecule has 0 aliphatic carbocycles. The predicted molar refractivity (Wildman–Crippen MR) is 104 cm³/mol. The molecular weight excluding hydrogens is 346 g/mol. The largest absolute Gasteiger partial charge is 0.375 e. The molecule has 0 radical (unpaired) electrons.